The van der Waals surface area contributed by atoms with Crippen molar-refractivity contribution < 1.29 is 38.0 Å². The number of carbonyl (C=O) groups is 1. The Hall–Kier alpha value is -3.15. The van der Waals surface area contributed by atoms with Gasteiger partial charge in [0.15, 0.2) is 0 Å². The maximum absolute atomic E-state index is 14.0. The zero-order valence-electron chi connectivity index (χ0n) is 20.7. The number of rotatable bonds is 9. The van der Waals surface area contributed by atoms with E-state index >= 15 is 0 Å². The van der Waals surface area contributed by atoms with Crippen LogP contribution < -0.4 is 13.8 Å². The van der Waals surface area contributed by atoms with Crippen molar-refractivity contribution in [1.29, 1.82) is 0 Å². The Kier molecular flexibility index (Phi) is 8.35. The van der Waals surface area contributed by atoms with Crippen LogP contribution in [0.15, 0.2) is 40.9 Å². The van der Waals surface area contributed by atoms with Gasteiger partial charge < -0.3 is 24.8 Å². The van der Waals surface area contributed by atoms with Crippen LogP contribution in [0.2, 0.25) is 0 Å². The minimum absolute atomic E-state index is 0.0811. The number of sulfonamides is 1. The molecule has 1 aromatic carbocycles. The maximum Gasteiger partial charge on any atom is 0.303 e. The molecule has 1 saturated carbocycles. The highest BCUT2D eigenvalue weighted by Crippen LogP contribution is 2.40. The molecular weight excluding hydrogens is 500 g/mol. The summed E-state index contributed by atoms with van der Waals surface area (Å²) in [4.78, 5) is 15.2. The van der Waals surface area contributed by atoms with Crippen molar-refractivity contribution in [1.82, 2.24) is 4.98 Å². The van der Waals surface area contributed by atoms with Gasteiger partial charge in [-0.1, -0.05) is 17.7 Å². The van der Waals surface area contributed by atoms with Crippen LogP contribution in [-0.2, 0) is 14.8 Å². The number of carboxylic acids is 1. The van der Waals surface area contributed by atoms with Crippen molar-refractivity contribution in [3.05, 3.63) is 47.2 Å². The lowest BCUT2D eigenvalue weighted by Crippen LogP contribution is -2.44. The number of hydrogen-bond donors (Lipinski definition) is 3. The van der Waals surface area contributed by atoms with Crippen molar-refractivity contribution in [3.63, 3.8) is 0 Å². The molecule has 1 aliphatic heterocycles. The fourth-order valence-corrected chi connectivity index (χ4v) is 6.19. The number of aliphatic hydroxyl groups is 2. The number of carboxylic acid groups (broad SMARTS) is 1. The number of fused-ring (bicyclic) bond motifs is 1. The van der Waals surface area contributed by atoms with E-state index in [0.717, 1.165) is 18.4 Å². The number of pyridine rings is 1. The molecule has 4 rings (SSSR count). The summed E-state index contributed by atoms with van der Waals surface area (Å²) in [5.41, 5.74) is 2.94. The monoisotopic (exact) mass is 532 g/mol. The molecule has 1 aliphatic carbocycles. The number of aryl methyl sites for hydroxylation is 1. The van der Waals surface area contributed by atoms with Crippen LogP contribution in [0.4, 0.5) is 5.69 Å². The number of aromatic nitrogens is 1. The van der Waals surface area contributed by atoms with E-state index in [1.807, 2.05) is 12.1 Å². The van der Waals surface area contributed by atoms with Crippen LogP contribution in [0.1, 0.15) is 49.7 Å². The molecule has 3 N–H and O–H groups in total. The second-order valence-corrected chi connectivity index (χ2v) is 11.2. The first kappa shape index (κ1) is 26.9. The van der Waals surface area contributed by atoms with Gasteiger partial charge in [-0.05, 0) is 68.4 Å². The van der Waals surface area contributed by atoms with E-state index < -0.39 is 22.1 Å². The number of aliphatic hydroxyl groups excluding tert-OH is 2. The zero-order valence-corrected chi connectivity index (χ0v) is 21.5. The molecule has 1 atom stereocenters. The molecule has 2 heterocycles. The van der Waals surface area contributed by atoms with E-state index in [0.29, 0.717) is 29.8 Å². The van der Waals surface area contributed by atoms with Gasteiger partial charge in [-0.25, -0.2) is 13.4 Å². The van der Waals surface area contributed by atoms with E-state index in [4.69, 9.17) is 14.6 Å². The molecule has 0 unspecified atom stereocenters. The number of anilines is 1. The van der Waals surface area contributed by atoms with Crippen LogP contribution in [0.3, 0.4) is 0 Å². The number of ether oxygens (including phenoxy) is 2. The molecule has 200 valence electrons. The maximum atomic E-state index is 14.0. The molecule has 0 radical (unpaired) electrons. The lowest BCUT2D eigenvalue weighted by molar-refractivity contribution is -0.137. The number of nitrogens with zero attached hydrogens (tertiary/aromatic N) is 2. The summed E-state index contributed by atoms with van der Waals surface area (Å²) >= 11 is 0. The van der Waals surface area contributed by atoms with Gasteiger partial charge >= 0.3 is 5.97 Å². The Balaban J connectivity index is 1.75. The number of allylic oxidation sites excluding steroid dienone is 1. The summed E-state index contributed by atoms with van der Waals surface area (Å²) in [6.07, 6.45) is 5.45. The summed E-state index contributed by atoms with van der Waals surface area (Å²) in [6, 6.07) is 6.75. The highest BCUT2D eigenvalue weighted by molar-refractivity contribution is 7.93. The van der Waals surface area contributed by atoms with Crippen molar-refractivity contribution in [3.8, 4) is 11.6 Å². The minimum atomic E-state index is -4.20. The molecule has 37 heavy (non-hydrogen) atoms. The van der Waals surface area contributed by atoms with E-state index in [-0.39, 0.29) is 49.5 Å². The molecule has 1 aromatic heterocycles. The molecule has 0 bridgehead atoms. The first-order valence-corrected chi connectivity index (χ1v) is 13.7. The Morgan fingerprint density at radius 1 is 1.27 bits per heavy atom. The third kappa shape index (κ3) is 6.41. The van der Waals surface area contributed by atoms with Crippen LogP contribution in [0.25, 0.3) is 6.08 Å². The predicted molar refractivity (Wildman–Crippen MR) is 136 cm³/mol. The normalized spacial score (nSPS) is 19.6. The molecule has 0 spiro atoms. The molecule has 11 heteroatoms. The molecule has 2 aromatic rings. The Labute approximate surface area is 216 Å². The minimum Gasteiger partial charge on any atom is -0.486 e. The van der Waals surface area contributed by atoms with E-state index in [2.05, 4.69) is 4.98 Å². The molecular formula is C26H32N2O8S. The SMILES string of the molecule is Cc1cnc(OCCO)c(S(=O)(=O)N2C[C@H](CCC(=O)O)Oc3ccc(C=C4CCC(O)CC4)cc32)c1. The van der Waals surface area contributed by atoms with Crippen molar-refractivity contribution in [2.24, 2.45) is 0 Å². The average Bonchev–Trinajstić information content (AvgIpc) is 2.87. The van der Waals surface area contributed by atoms with Gasteiger partial charge in [0.05, 0.1) is 24.9 Å². The molecule has 2 aliphatic rings. The van der Waals surface area contributed by atoms with Gasteiger partial charge in [-0.15, -0.1) is 0 Å². The summed E-state index contributed by atoms with van der Waals surface area (Å²) < 4.78 is 40.8. The topological polar surface area (TPSA) is 146 Å². The van der Waals surface area contributed by atoms with Crippen LogP contribution >= 0.6 is 0 Å². The van der Waals surface area contributed by atoms with Crippen molar-refractivity contribution in [2.45, 2.75) is 62.6 Å². The number of benzene rings is 1. The Bertz CT molecular complexity index is 1270. The van der Waals surface area contributed by atoms with E-state index in [1.165, 1.54) is 22.1 Å². The summed E-state index contributed by atoms with van der Waals surface area (Å²) in [5.74, 6) is -0.773. The lowest BCUT2D eigenvalue weighted by Gasteiger charge is -2.36. The highest BCUT2D eigenvalue weighted by atomic mass is 32.2. The Morgan fingerprint density at radius 2 is 2.03 bits per heavy atom. The molecule has 0 saturated heterocycles. The van der Waals surface area contributed by atoms with Gasteiger partial charge in [-0.2, -0.15) is 0 Å². The van der Waals surface area contributed by atoms with Crippen LogP contribution in [-0.4, -0.2) is 66.7 Å². The predicted octanol–water partition coefficient (Wildman–Crippen LogP) is 2.90. The molecule has 1 fully saturated rings. The third-order valence-corrected chi connectivity index (χ3v) is 8.19. The fraction of sp³-hybridized carbons (Fsp3) is 0.462. The largest absolute Gasteiger partial charge is 0.486 e. The second-order valence-electron chi connectivity index (χ2n) is 9.36. The number of aliphatic carboxylic acids is 1. The molecule has 10 nitrogen and oxygen atoms in total. The summed E-state index contributed by atoms with van der Waals surface area (Å²) in [7, 11) is -4.20. The van der Waals surface area contributed by atoms with E-state index in [1.54, 1.807) is 19.1 Å². The standard InChI is InChI=1S/C26H32N2O8S/c1-17-12-24(26(27-15-17)35-11-10-29)37(33,34)28-16-21(7-9-25(31)32)36-23-8-4-19(14-22(23)28)13-18-2-5-20(30)6-3-18/h4,8,12-15,20-21,29-30H,2-3,5-7,9-11,16H2,1H3,(H,31,32)/t20?,21-/m0/s1. The van der Waals surface area contributed by atoms with Crippen LogP contribution in [0, 0.1) is 6.92 Å². The lowest BCUT2D eigenvalue weighted by atomic mass is 9.91. The highest BCUT2D eigenvalue weighted by Gasteiger charge is 2.37. The van der Waals surface area contributed by atoms with Gasteiger partial charge in [0, 0.05) is 12.6 Å². The number of hydrogen-bond acceptors (Lipinski definition) is 8. The van der Waals surface area contributed by atoms with Gasteiger partial charge in [0.1, 0.15) is 23.4 Å². The third-order valence-electron chi connectivity index (χ3n) is 6.42. The smallest absolute Gasteiger partial charge is 0.303 e. The quantitative estimate of drug-likeness (QED) is 0.443. The van der Waals surface area contributed by atoms with Gasteiger partial charge in [0.2, 0.25) is 5.88 Å². The summed E-state index contributed by atoms with van der Waals surface area (Å²) in [5, 5.41) is 28.1. The fourth-order valence-electron chi connectivity index (χ4n) is 4.52. The first-order valence-electron chi connectivity index (χ1n) is 12.3. The zero-order chi connectivity index (χ0) is 26.6. The summed E-state index contributed by atoms with van der Waals surface area (Å²) in [6.45, 7) is 1.21. The second kappa shape index (κ2) is 11.5. The average molecular weight is 533 g/mol. The first-order chi connectivity index (χ1) is 17.7. The van der Waals surface area contributed by atoms with Gasteiger partial charge in [-0.3, -0.25) is 9.10 Å². The Morgan fingerprint density at radius 3 is 2.73 bits per heavy atom. The van der Waals surface area contributed by atoms with Crippen molar-refractivity contribution in [2.75, 3.05) is 24.1 Å². The van der Waals surface area contributed by atoms with Gasteiger partial charge in [0.25, 0.3) is 10.0 Å². The molecule has 0 amide bonds. The van der Waals surface area contributed by atoms with Crippen molar-refractivity contribution >= 4 is 27.8 Å². The van der Waals surface area contributed by atoms with E-state index in [9.17, 15) is 23.4 Å². The van der Waals surface area contributed by atoms with Crippen LogP contribution in [0.5, 0.6) is 11.6 Å².